The molecule has 0 saturated heterocycles. The third-order valence-electron chi connectivity index (χ3n) is 2.68. The Kier molecular flexibility index (Phi) is 4.99. The number of hydrogen-bond acceptors (Lipinski definition) is 2. The molecule has 0 aromatic heterocycles. The van der Waals surface area contributed by atoms with E-state index in [1.807, 2.05) is 0 Å². The standard InChI is InChI=1S/C13H20N2O/c1-10-3-4-12(9-11(10)2)6-8-15-13(16)5-7-14/h3-4,9H,5-8,14H2,1-2H3,(H,15,16). The summed E-state index contributed by atoms with van der Waals surface area (Å²) in [6, 6.07) is 6.40. The van der Waals surface area contributed by atoms with Gasteiger partial charge in [-0.15, -0.1) is 0 Å². The summed E-state index contributed by atoms with van der Waals surface area (Å²) in [7, 11) is 0. The van der Waals surface area contributed by atoms with Crippen molar-refractivity contribution in [3.63, 3.8) is 0 Å². The predicted octanol–water partition coefficient (Wildman–Crippen LogP) is 1.31. The predicted molar refractivity (Wildman–Crippen MR) is 66.3 cm³/mol. The minimum absolute atomic E-state index is 0.0336. The van der Waals surface area contributed by atoms with Gasteiger partial charge in [0.05, 0.1) is 0 Å². The van der Waals surface area contributed by atoms with Gasteiger partial charge in [0.2, 0.25) is 5.91 Å². The summed E-state index contributed by atoms with van der Waals surface area (Å²) in [6.45, 7) is 5.30. The smallest absolute Gasteiger partial charge is 0.221 e. The molecule has 0 fully saturated rings. The molecule has 3 N–H and O–H groups in total. The van der Waals surface area contributed by atoms with Crippen LogP contribution in [0.1, 0.15) is 23.1 Å². The molecule has 0 atom stereocenters. The second-order valence-corrected chi connectivity index (χ2v) is 4.06. The summed E-state index contributed by atoms with van der Waals surface area (Å²) in [5, 5.41) is 2.85. The Labute approximate surface area is 97.0 Å². The first kappa shape index (κ1) is 12.7. The molecule has 1 rings (SSSR count). The van der Waals surface area contributed by atoms with Crippen molar-refractivity contribution < 1.29 is 4.79 Å². The fourth-order valence-electron chi connectivity index (χ4n) is 1.52. The second kappa shape index (κ2) is 6.28. The van der Waals surface area contributed by atoms with Gasteiger partial charge in [-0.1, -0.05) is 18.2 Å². The normalized spacial score (nSPS) is 10.2. The minimum Gasteiger partial charge on any atom is -0.356 e. The Morgan fingerprint density at radius 2 is 2.06 bits per heavy atom. The highest BCUT2D eigenvalue weighted by Crippen LogP contribution is 2.09. The largest absolute Gasteiger partial charge is 0.356 e. The fourth-order valence-corrected chi connectivity index (χ4v) is 1.52. The number of benzene rings is 1. The van der Waals surface area contributed by atoms with Crippen molar-refractivity contribution >= 4 is 5.91 Å². The van der Waals surface area contributed by atoms with Crippen LogP contribution >= 0.6 is 0 Å². The van der Waals surface area contributed by atoms with Crippen molar-refractivity contribution in [1.82, 2.24) is 5.32 Å². The lowest BCUT2D eigenvalue weighted by Gasteiger charge is -2.06. The summed E-state index contributed by atoms with van der Waals surface area (Å²) >= 11 is 0. The highest BCUT2D eigenvalue weighted by molar-refractivity contribution is 5.75. The number of nitrogens with two attached hydrogens (primary N) is 1. The van der Waals surface area contributed by atoms with Crippen LogP contribution in [-0.2, 0) is 11.2 Å². The minimum atomic E-state index is 0.0336. The molecule has 1 amide bonds. The fraction of sp³-hybridized carbons (Fsp3) is 0.462. The van der Waals surface area contributed by atoms with Crippen molar-refractivity contribution in [2.45, 2.75) is 26.7 Å². The lowest BCUT2D eigenvalue weighted by atomic mass is 10.0. The van der Waals surface area contributed by atoms with Crippen molar-refractivity contribution in [2.75, 3.05) is 13.1 Å². The third-order valence-corrected chi connectivity index (χ3v) is 2.68. The molecule has 0 aliphatic rings. The van der Waals surface area contributed by atoms with Crippen LogP contribution in [0.25, 0.3) is 0 Å². The average molecular weight is 220 g/mol. The zero-order chi connectivity index (χ0) is 12.0. The van der Waals surface area contributed by atoms with E-state index in [9.17, 15) is 4.79 Å². The van der Waals surface area contributed by atoms with Gasteiger partial charge in [0.15, 0.2) is 0 Å². The lowest BCUT2D eigenvalue weighted by Crippen LogP contribution is -2.27. The Morgan fingerprint density at radius 1 is 1.31 bits per heavy atom. The highest BCUT2D eigenvalue weighted by atomic mass is 16.1. The van der Waals surface area contributed by atoms with Crippen LogP contribution in [0, 0.1) is 13.8 Å². The number of carbonyl (C=O) groups excluding carboxylic acids is 1. The Bertz CT molecular complexity index is 361. The van der Waals surface area contributed by atoms with Crippen molar-refractivity contribution in [3.05, 3.63) is 34.9 Å². The topological polar surface area (TPSA) is 55.1 Å². The molecule has 0 saturated carbocycles. The van der Waals surface area contributed by atoms with E-state index >= 15 is 0 Å². The van der Waals surface area contributed by atoms with E-state index in [1.54, 1.807) is 0 Å². The van der Waals surface area contributed by atoms with E-state index in [0.717, 1.165) is 6.42 Å². The summed E-state index contributed by atoms with van der Waals surface area (Å²) < 4.78 is 0. The van der Waals surface area contributed by atoms with Gasteiger partial charge in [0.25, 0.3) is 0 Å². The van der Waals surface area contributed by atoms with E-state index in [1.165, 1.54) is 16.7 Å². The van der Waals surface area contributed by atoms with E-state index in [-0.39, 0.29) is 5.91 Å². The monoisotopic (exact) mass is 220 g/mol. The number of aryl methyl sites for hydroxylation is 2. The first-order valence-corrected chi connectivity index (χ1v) is 5.66. The first-order chi connectivity index (χ1) is 7.63. The molecule has 3 heteroatoms. The molecule has 0 heterocycles. The van der Waals surface area contributed by atoms with Gasteiger partial charge in [0, 0.05) is 19.5 Å². The molecular formula is C13H20N2O. The van der Waals surface area contributed by atoms with Crippen molar-refractivity contribution in [2.24, 2.45) is 5.73 Å². The number of carbonyl (C=O) groups is 1. The van der Waals surface area contributed by atoms with Gasteiger partial charge in [0.1, 0.15) is 0 Å². The summed E-state index contributed by atoms with van der Waals surface area (Å²) in [4.78, 5) is 11.2. The van der Waals surface area contributed by atoms with Gasteiger partial charge < -0.3 is 11.1 Å². The second-order valence-electron chi connectivity index (χ2n) is 4.06. The number of amides is 1. The maximum Gasteiger partial charge on any atom is 0.221 e. The average Bonchev–Trinajstić information content (AvgIpc) is 2.24. The van der Waals surface area contributed by atoms with Crippen LogP contribution in [0.4, 0.5) is 0 Å². The van der Waals surface area contributed by atoms with E-state index in [0.29, 0.717) is 19.5 Å². The molecular weight excluding hydrogens is 200 g/mol. The number of nitrogens with one attached hydrogen (secondary N) is 1. The maximum absolute atomic E-state index is 11.2. The molecule has 88 valence electrons. The zero-order valence-corrected chi connectivity index (χ0v) is 10.0. The van der Waals surface area contributed by atoms with Crippen LogP contribution in [0.3, 0.4) is 0 Å². The summed E-state index contributed by atoms with van der Waals surface area (Å²) in [5.41, 5.74) is 9.15. The van der Waals surface area contributed by atoms with Crippen LogP contribution in [0.5, 0.6) is 0 Å². The molecule has 0 aliphatic carbocycles. The Balaban J connectivity index is 2.37. The molecule has 0 radical (unpaired) electrons. The van der Waals surface area contributed by atoms with E-state index < -0.39 is 0 Å². The van der Waals surface area contributed by atoms with Gasteiger partial charge in [-0.3, -0.25) is 4.79 Å². The molecule has 0 bridgehead atoms. The van der Waals surface area contributed by atoms with Crippen molar-refractivity contribution in [1.29, 1.82) is 0 Å². The Morgan fingerprint density at radius 3 is 2.69 bits per heavy atom. The van der Waals surface area contributed by atoms with Crippen LogP contribution in [0.2, 0.25) is 0 Å². The van der Waals surface area contributed by atoms with Gasteiger partial charge in [-0.25, -0.2) is 0 Å². The molecule has 0 aliphatic heterocycles. The lowest BCUT2D eigenvalue weighted by molar-refractivity contribution is -0.120. The third kappa shape index (κ3) is 4.03. The summed E-state index contributed by atoms with van der Waals surface area (Å²) in [5.74, 6) is 0.0336. The molecule has 1 aromatic carbocycles. The molecule has 0 unspecified atom stereocenters. The summed E-state index contributed by atoms with van der Waals surface area (Å²) in [6.07, 6.45) is 1.28. The number of rotatable bonds is 5. The Hall–Kier alpha value is -1.35. The molecule has 0 spiro atoms. The quantitative estimate of drug-likeness (QED) is 0.786. The molecule has 1 aromatic rings. The highest BCUT2D eigenvalue weighted by Gasteiger charge is 2.00. The maximum atomic E-state index is 11.2. The van der Waals surface area contributed by atoms with Gasteiger partial charge >= 0.3 is 0 Å². The zero-order valence-electron chi connectivity index (χ0n) is 10.0. The van der Waals surface area contributed by atoms with Gasteiger partial charge in [-0.2, -0.15) is 0 Å². The molecule has 3 nitrogen and oxygen atoms in total. The van der Waals surface area contributed by atoms with Crippen LogP contribution in [0.15, 0.2) is 18.2 Å². The van der Waals surface area contributed by atoms with E-state index in [4.69, 9.17) is 5.73 Å². The number of hydrogen-bond donors (Lipinski definition) is 2. The first-order valence-electron chi connectivity index (χ1n) is 5.66. The van der Waals surface area contributed by atoms with E-state index in [2.05, 4.69) is 37.4 Å². The SMILES string of the molecule is Cc1ccc(CCNC(=O)CCN)cc1C. The van der Waals surface area contributed by atoms with Crippen LogP contribution < -0.4 is 11.1 Å². The van der Waals surface area contributed by atoms with Gasteiger partial charge in [-0.05, 0) is 37.0 Å². The van der Waals surface area contributed by atoms with Crippen LogP contribution in [-0.4, -0.2) is 19.0 Å². The van der Waals surface area contributed by atoms with Crippen molar-refractivity contribution in [3.8, 4) is 0 Å². The molecule has 16 heavy (non-hydrogen) atoms.